The first-order valence-electron chi connectivity index (χ1n) is 7.82. The van der Waals surface area contributed by atoms with Gasteiger partial charge in [0, 0.05) is 25.0 Å². The molecule has 1 aliphatic rings. The molecule has 1 aliphatic heterocycles. The Morgan fingerprint density at radius 2 is 2.00 bits per heavy atom. The van der Waals surface area contributed by atoms with Crippen LogP contribution in [0.15, 0.2) is 36.7 Å². The van der Waals surface area contributed by atoms with Crippen molar-refractivity contribution in [3.05, 3.63) is 59.2 Å². The standard InChI is InChI=1S/C18H23N3O/c1-13-5-6-14(2)16(9-13)17-10-21(15(3)12-22-17)11-18-19-7-4-8-20-18/h4-9,15,17H,10-12H2,1-3H3/t15-,17+/m0/s1. The largest absolute Gasteiger partial charge is 0.371 e. The number of aryl methyl sites for hydroxylation is 2. The normalized spacial score (nSPS) is 22.7. The summed E-state index contributed by atoms with van der Waals surface area (Å²) < 4.78 is 6.10. The van der Waals surface area contributed by atoms with Gasteiger partial charge in [-0.25, -0.2) is 9.97 Å². The molecule has 4 heteroatoms. The Hall–Kier alpha value is -1.78. The zero-order valence-corrected chi connectivity index (χ0v) is 13.5. The van der Waals surface area contributed by atoms with Crippen molar-refractivity contribution in [2.45, 2.75) is 39.5 Å². The highest BCUT2D eigenvalue weighted by atomic mass is 16.5. The van der Waals surface area contributed by atoms with E-state index in [9.17, 15) is 0 Å². The van der Waals surface area contributed by atoms with Crippen molar-refractivity contribution in [3.8, 4) is 0 Å². The van der Waals surface area contributed by atoms with E-state index in [4.69, 9.17) is 4.74 Å². The Labute approximate surface area is 132 Å². The van der Waals surface area contributed by atoms with Gasteiger partial charge in [-0.05, 0) is 38.0 Å². The van der Waals surface area contributed by atoms with Crippen molar-refractivity contribution in [2.24, 2.45) is 0 Å². The number of rotatable bonds is 3. The third-order valence-electron chi connectivity index (χ3n) is 4.31. The maximum Gasteiger partial charge on any atom is 0.142 e. The molecule has 1 aromatic carbocycles. The lowest BCUT2D eigenvalue weighted by Gasteiger charge is -2.38. The molecule has 1 fully saturated rings. The summed E-state index contributed by atoms with van der Waals surface area (Å²) in [6.07, 6.45) is 3.73. The SMILES string of the molecule is Cc1ccc(C)c([C@H]2CN(Cc3ncccn3)[C@@H](C)CO2)c1. The number of ether oxygens (including phenoxy) is 1. The molecule has 1 aromatic heterocycles. The van der Waals surface area contributed by atoms with Gasteiger partial charge >= 0.3 is 0 Å². The van der Waals surface area contributed by atoms with Crippen LogP contribution in [0.3, 0.4) is 0 Å². The second-order valence-corrected chi connectivity index (χ2v) is 6.13. The predicted molar refractivity (Wildman–Crippen MR) is 86.5 cm³/mol. The summed E-state index contributed by atoms with van der Waals surface area (Å²) >= 11 is 0. The maximum absolute atomic E-state index is 6.10. The highest BCUT2D eigenvalue weighted by Crippen LogP contribution is 2.28. The molecular weight excluding hydrogens is 274 g/mol. The molecule has 0 saturated carbocycles. The van der Waals surface area contributed by atoms with Crippen LogP contribution in [0.4, 0.5) is 0 Å². The van der Waals surface area contributed by atoms with Crippen molar-refractivity contribution in [2.75, 3.05) is 13.2 Å². The van der Waals surface area contributed by atoms with E-state index < -0.39 is 0 Å². The van der Waals surface area contributed by atoms with Crippen LogP contribution in [0, 0.1) is 13.8 Å². The van der Waals surface area contributed by atoms with Gasteiger partial charge in [-0.3, -0.25) is 4.90 Å². The third-order valence-corrected chi connectivity index (χ3v) is 4.31. The summed E-state index contributed by atoms with van der Waals surface area (Å²) in [5.41, 5.74) is 3.87. The molecule has 2 atom stereocenters. The van der Waals surface area contributed by atoms with E-state index in [0.717, 1.165) is 25.5 Å². The van der Waals surface area contributed by atoms with E-state index in [1.165, 1.54) is 16.7 Å². The quantitative estimate of drug-likeness (QED) is 0.873. The van der Waals surface area contributed by atoms with Gasteiger partial charge in [0.1, 0.15) is 5.82 Å². The van der Waals surface area contributed by atoms with Crippen LogP contribution in [0.5, 0.6) is 0 Å². The van der Waals surface area contributed by atoms with Crippen molar-refractivity contribution < 1.29 is 4.74 Å². The van der Waals surface area contributed by atoms with Gasteiger partial charge in [0.2, 0.25) is 0 Å². The lowest BCUT2D eigenvalue weighted by molar-refractivity contribution is -0.0643. The monoisotopic (exact) mass is 297 g/mol. The fraction of sp³-hybridized carbons (Fsp3) is 0.444. The van der Waals surface area contributed by atoms with Crippen LogP contribution in [0.2, 0.25) is 0 Å². The van der Waals surface area contributed by atoms with Crippen LogP contribution >= 0.6 is 0 Å². The second-order valence-electron chi connectivity index (χ2n) is 6.13. The highest BCUT2D eigenvalue weighted by Gasteiger charge is 2.28. The van der Waals surface area contributed by atoms with Crippen LogP contribution in [-0.2, 0) is 11.3 Å². The molecule has 0 spiro atoms. The number of morpholine rings is 1. The molecule has 2 heterocycles. The summed E-state index contributed by atoms with van der Waals surface area (Å²) in [5, 5.41) is 0. The minimum Gasteiger partial charge on any atom is -0.371 e. The molecule has 4 nitrogen and oxygen atoms in total. The van der Waals surface area contributed by atoms with Crippen LogP contribution in [-0.4, -0.2) is 34.1 Å². The molecule has 2 aromatic rings. The van der Waals surface area contributed by atoms with Crippen LogP contribution in [0.1, 0.15) is 35.5 Å². The third kappa shape index (κ3) is 3.34. The van der Waals surface area contributed by atoms with E-state index in [1.54, 1.807) is 12.4 Å². The lowest BCUT2D eigenvalue weighted by atomic mass is 9.99. The Balaban J connectivity index is 1.77. The smallest absolute Gasteiger partial charge is 0.142 e. The van der Waals surface area contributed by atoms with Gasteiger partial charge < -0.3 is 4.74 Å². The van der Waals surface area contributed by atoms with E-state index in [1.807, 2.05) is 6.07 Å². The van der Waals surface area contributed by atoms with E-state index in [0.29, 0.717) is 6.04 Å². The molecule has 1 saturated heterocycles. The Morgan fingerprint density at radius 1 is 1.23 bits per heavy atom. The van der Waals surface area contributed by atoms with Crippen LogP contribution in [0.25, 0.3) is 0 Å². The predicted octanol–water partition coefficient (Wildman–Crippen LogP) is 3.06. The van der Waals surface area contributed by atoms with Crippen molar-refractivity contribution >= 4 is 0 Å². The average Bonchev–Trinajstić information content (AvgIpc) is 2.53. The Kier molecular flexibility index (Phi) is 4.50. The zero-order valence-electron chi connectivity index (χ0n) is 13.5. The average molecular weight is 297 g/mol. The summed E-state index contributed by atoms with van der Waals surface area (Å²) in [6.45, 7) is 8.87. The second kappa shape index (κ2) is 6.55. The number of aromatic nitrogens is 2. The van der Waals surface area contributed by atoms with E-state index in [-0.39, 0.29) is 6.10 Å². The summed E-state index contributed by atoms with van der Waals surface area (Å²) in [4.78, 5) is 11.1. The molecule has 0 N–H and O–H groups in total. The lowest BCUT2D eigenvalue weighted by Crippen LogP contribution is -2.44. The Morgan fingerprint density at radius 3 is 2.77 bits per heavy atom. The molecule has 0 unspecified atom stereocenters. The first-order chi connectivity index (χ1) is 10.6. The van der Waals surface area contributed by atoms with Crippen molar-refractivity contribution in [1.82, 2.24) is 14.9 Å². The number of hydrogen-bond acceptors (Lipinski definition) is 4. The Bertz CT molecular complexity index is 629. The number of nitrogens with zero attached hydrogens (tertiary/aromatic N) is 3. The first-order valence-corrected chi connectivity index (χ1v) is 7.82. The van der Waals surface area contributed by atoms with Crippen LogP contribution < -0.4 is 0 Å². The summed E-state index contributed by atoms with van der Waals surface area (Å²) in [6, 6.07) is 8.81. The van der Waals surface area contributed by atoms with Gasteiger partial charge in [-0.1, -0.05) is 23.8 Å². The number of benzene rings is 1. The topological polar surface area (TPSA) is 38.2 Å². The molecular formula is C18H23N3O. The fourth-order valence-electron chi connectivity index (χ4n) is 2.92. The van der Waals surface area contributed by atoms with E-state index in [2.05, 4.69) is 53.8 Å². The van der Waals surface area contributed by atoms with Crippen molar-refractivity contribution in [3.63, 3.8) is 0 Å². The summed E-state index contributed by atoms with van der Waals surface area (Å²) in [7, 11) is 0. The fourth-order valence-corrected chi connectivity index (χ4v) is 2.92. The number of hydrogen-bond donors (Lipinski definition) is 0. The van der Waals surface area contributed by atoms with Gasteiger partial charge in [-0.2, -0.15) is 0 Å². The van der Waals surface area contributed by atoms with Gasteiger partial charge in [0.05, 0.1) is 19.3 Å². The highest BCUT2D eigenvalue weighted by molar-refractivity contribution is 5.32. The van der Waals surface area contributed by atoms with E-state index >= 15 is 0 Å². The molecule has 22 heavy (non-hydrogen) atoms. The molecule has 116 valence electrons. The van der Waals surface area contributed by atoms with Gasteiger partial charge in [-0.15, -0.1) is 0 Å². The minimum absolute atomic E-state index is 0.125. The van der Waals surface area contributed by atoms with Crippen molar-refractivity contribution in [1.29, 1.82) is 0 Å². The molecule has 3 rings (SSSR count). The zero-order chi connectivity index (χ0) is 15.5. The molecule has 0 aliphatic carbocycles. The minimum atomic E-state index is 0.125. The maximum atomic E-state index is 6.10. The molecule has 0 amide bonds. The summed E-state index contributed by atoms with van der Waals surface area (Å²) in [5.74, 6) is 0.871. The molecule has 0 bridgehead atoms. The van der Waals surface area contributed by atoms with Gasteiger partial charge in [0.25, 0.3) is 0 Å². The van der Waals surface area contributed by atoms with Gasteiger partial charge in [0.15, 0.2) is 0 Å². The molecule has 0 radical (unpaired) electrons. The first kappa shape index (κ1) is 15.1.